The fourth-order valence-electron chi connectivity index (χ4n) is 1.85. The molecule has 2 rings (SSSR count). The summed E-state index contributed by atoms with van der Waals surface area (Å²) < 4.78 is 5.18. The molecule has 0 bridgehead atoms. The van der Waals surface area contributed by atoms with Gasteiger partial charge in [-0.15, -0.1) is 0 Å². The summed E-state index contributed by atoms with van der Waals surface area (Å²) in [5.74, 6) is 0.714. The molecule has 0 aliphatic rings. The topological polar surface area (TPSA) is 41.5 Å². The number of hydrogen-bond donors (Lipinski definition) is 2. The third-order valence-electron chi connectivity index (χ3n) is 2.88. The van der Waals surface area contributed by atoms with Crippen molar-refractivity contribution in [3.63, 3.8) is 0 Å². The second-order valence-electron chi connectivity index (χ2n) is 4.11. The van der Waals surface area contributed by atoms with Gasteiger partial charge in [0.15, 0.2) is 0 Å². The lowest BCUT2D eigenvalue weighted by molar-refractivity contribution is 0.274. The van der Waals surface area contributed by atoms with Crippen molar-refractivity contribution in [2.75, 3.05) is 12.4 Å². The predicted octanol–water partition coefficient (Wildman–Crippen LogP) is 3.42. The molecule has 0 aliphatic carbocycles. The molecule has 0 fully saturated rings. The number of aliphatic hydroxyl groups is 1. The van der Waals surface area contributed by atoms with Crippen LogP contribution in [0.3, 0.4) is 0 Å². The number of rotatable bonds is 5. The lowest BCUT2D eigenvalue weighted by atomic mass is 10.1. The van der Waals surface area contributed by atoms with Crippen molar-refractivity contribution in [2.45, 2.75) is 19.6 Å². The largest absolute Gasteiger partial charge is 0.496 e. The Morgan fingerprint density at radius 1 is 1.39 bits per heavy atom. The number of ether oxygens (including phenoxy) is 1. The number of thiophene rings is 1. The highest BCUT2D eigenvalue weighted by Crippen LogP contribution is 2.26. The van der Waals surface area contributed by atoms with E-state index in [9.17, 15) is 5.11 Å². The van der Waals surface area contributed by atoms with Gasteiger partial charge in [-0.1, -0.05) is 0 Å². The summed E-state index contributed by atoms with van der Waals surface area (Å²) >= 11 is 1.69. The van der Waals surface area contributed by atoms with E-state index >= 15 is 0 Å². The Balaban J connectivity index is 2.14. The number of aliphatic hydroxyl groups excluding tert-OH is 1. The molecule has 4 heteroatoms. The molecule has 3 nitrogen and oxygen atoms in total. The lowest BCUT2D eigenvalue weighted by Gasteiger charge is -2.16. The van der Waals surface area contributed by atoms with Crippen LogP contribution in [-0.2, 0) is 6.61 Å². The second-order valence-corrected chi connectivity index (χ2v) is 4.89. The van der Waals surface area contributed by atoms with Gasteiger partial charge in [-0.05, 0) is 47.5 Å². The molecule has 1 unspecified atom stereocenters. The van der Waals surface area contributed by atoms with Crippen molar-refractivity contribution in [3.8, 4) is 5.75 Å². The van der Waals surface area contributed by atoms with E-state index in [1.807, 2.05) is 18.2 Å². The molecule has 0 saturated carbocycles. The predicted molar refractivity (Wildman–Crippen MR) is 75.3 cm³/mol. The molecule has 1 heterocycles. The van der Waals surface area contributed by atoms with Gasteiger partial charge >= 0.3 is 0 Å². The standard InChI is InChI=1S/C14H17NO2S/c1-10(11-5-6-18-9-11)15-13-3-4-14(17-2)12(7-13)8-16/h3-7,9-10,15-16H,8H2,1-2H3. The molecular weight excluding hydrogens is 246 g/mol. The highest BCUT2D eigenvalue weighted by molar-refractivity contribution is 7.07. The summed E-state index contributed by atoms with van der Waals surface area (Å²) in [6.45, 7) is 2.09. The van der Waals surface area contributed by atoms with Crippen LogP contribution < -0.4 is 10.1 Å². The quantitative estimate of drug-likeness (QED) is 0.868. The normalized spacial score (nSPS) is 12.2. The molecule has 0 radical (unpaired) electrons. The maximum Gasteiger partial charge on any atom is 0.124 e. The van der Waals surface area contributed by atoms with E-state index < -0.39 is 0 Å². The first-order chi connectivity index (χ1) is 8.74. The Hall–Kier alpha value is -1.52. The first-order valence-electron chi connectivity index (χ1n) is 5.81. The zero-order valence-corrected chi connectivity index (χ0v) is 11.3. The van der Waals surface area contributed by atoms with E-state index in [1.54, 1.807) is 18.4 Å². The number of methoxy groups -OCH3 is 1. The van der Waals surface area contributed by atoms with Crippen molar-refractivity contribution in [2.24, 2.45) is 0 Å². The zero-order chi connectivity index (χ0) is 13.0. The van der Waals surface area contributed by atoms with Gasteiger partial charge in [-0.3, -0.25) is 0 Å². The lowest BCUT2D eigenvalue weighted by Crippen LogP contribution is -2.06. The van der Waals surface area contributed by atoms with Crippen LogP contribution in [0.1, 0.15) is 24.1 Å². The van der Waals surface area contributed by atoms with E-state index in [1.165, 1.54) is 5.56 Å². The Bertz CT molecular complexity index is 497. The summed E-state index contributed by atoms with van der Waals surface area (Å²) in [5, 5.41) is 16.9. The van der Waals surface area contributed by atoms with Crippen molar-refractivity contribution in [1.82, 2.24) is 0 Å². The van der Waals surface area contributed by atoms with E-state index in [2.05, 4.69) is 29.1 Å². The van der Waals surface area contributed by atoms with E-state index in [4.69, 9.17) is 4.74 Å². The van der Waals surface area contributed by atoms with Crippen LogP contribution in [0, 0.1) is 0 Å². The third kappa shape index (κ3) is 2.83. The van der Waals surface area contributed by atoms with Crippen LogP contribution >= 0.6 is 11.3 Å². The summed E-state index contributed by atoms with van der Waals surface area (Å²) in [4.78, 5) is 0. The van der Waals surface area contributed by atoms with Gasteiger partial charge in [0.05, 0.1) is 13.7 Å². The van der Waals surface area contributed by atoms with E-state index in [0.717, 1.165) is 11.3 Å². The minimum atomic E-state index is -0.0223. The Morgan fingerprint density at radius 2 is 2.22 bits per heavy atom. The van der Waals surface area contributed by atoms with Gasteiger partial charge in [0.1, 0.15) is 5.75 Å². The molecule has 1 aromatic heterocycles. The van der Waals surface area contributed by atoms with Crippen LogP contribution in [0.25, 0.3) is 0 Å². The van der Waals surface area contributed by atoms with Crippen LogP contribution in [0.2, 0.25) is 0 Å². The summed E-state index contributed by atoms with van der Waals surface area (Å²) in [7, 11) is 1.61. The molecule has 0 spiro atoms. The molecule has 96 valence electrons. The van der Waals surface area contributed by atoms with Crippen LogP contribution in [-0.4, -0.2) is 12.2 Å². The van der Waals surface area contributed by atoms with Gasteiger partial charge in [-0.2, -0.15) is 11.3 Å². The zero-order valence-electron chi connectivity index (χ0n) is 10.5. The van der Waals surface area contributed by atoms with E-state index in [-0.39, 0.29) is 12.6 Å². The van der Waals surface area contributed by atoms with Crippen molar-refractivity contribution in [1.29, 1.82) is 0 Å². The average Bonchev–Trinajstić information content (AvgIpc) is 2.92. The van der Waals surface area contributed by atoms with Crippen LogP contribution in [0.4, 0.5) is 5.69 Å². The SMILES string of the molecule is COc1ccc(NC(C)c2ccsc2)cc1CO. The molecule has 2 N–H and O–H groups in total. The maximum atomic E-state index is 9.29. The molecule has 2 aromatic rings. The Morgan fingerprint density at radius 3 is 2.83 bits per heavy atom. The molecule has 0 saturated heterocycles. The Kier molecular flexibility index (Phi) is 4.23. The van der Waals surface area contributed by atoms with Gasteiger partial charge in [0.25, 0.3) is 0 Å². The summed E-state index contributed by atoms with van der Waals surface area (Å²) in [5.41, 5.74) is 3.04. The monoisotopic (exact) mass is 263 g/mol. The molecule has 1 atom stereocenters. The number of nitrogens with one attached hydrogen (secondary N) is 1. The van der Waals surface area contributed by atoms with Crippen molar-refractivity contribution < 1.29 is 9.84 Å². The molecule has 1 aromatic carbocycles. The molecule has 0 aliphatic heterocycles. The maximum absolute atomic E-state index is 9.29. The fourth-order valence-corrected chi connectivity index (χ4v) is 2.60. The first kappa shape index (κ1) is 12.9. The highest BCUT2D eigenvalue weighted by atomic mass is 32.1. The third-order valence-corrected chi connectivity index (χ3v) is 3.58. The summed E-state index contributed by atoms with van der Waals surface area (Å²) in [6.07, 6.45) is 0. The molecular formula is C14H17NO2S. The number of anilines is 1. The highest BCUT2D eigenvalue weighted by Gasteiger charge is 2.08. The number of benzene rings is 1. The van der Waals surface area contributed by atoms with Crippen LogP contribution in [0.15, 0.2) is 35.0 Å². The van der Waals surface area contributed by atoms with Crippen molar-refractivity contribution in [3.05, 3.63) is 46.2 Å². The number of hydrogen-bond acceptors (Lipinski definition) is 4. The van der Waals surface area contributed by atoms with Gasteiger partial charge < -0.3 is 15.2 Å². The smallest absolute Gasteiger partial charge is 0.124 e. The fraction of sp³-hybridized carbons (Fsp3) is 0.286. The van der Waals surface area contributed by atoms with Crippen LogP contribution in [0.5, 0.6) is 5.75 Å². The minimum absolute atomic E-state index is 0.0223. The van der Waals surface area contributed by atoms with Gasteiger partial charge in [0, 0.05) is 17.3 Å². The molecule has 18 heavy (non-hydrogen) atoms. The summed E-state index contributed by atoms with van der Waals surface area (Å²) in [6, 6.07) is 8.10. The van der Waals surface area contributed by atoms with Gasteiger partial charge in [-0.25, -0.2) is 0 Å². The second kappa shape index (κ2) is 5.89. The molecule has 0 amide bonds. The van der Waals surface area contributed by atoms with Gasteiger partial charge in [0.2, 0.25) is 0 Å². The average molecular weight is 263 g/mol. The minimum Gasteiger partial charge on any atom is -0.496 e. The first-order valence-corrected chi connectivity index (χ1v) is 6.75. The van der Waals surface area contributed by atoms with E-state index in [0.29, 0.717) is 5.75 Å². The Labute approximate surface area is 111 Å². The van der Waals surface area contributed by atoms with Crippen molar-refractivity contribution >= 4 is 17.0 Å².